The SMILES string of the molecule is CCNC(=O)CC1N=C(c2ccc(C(C)C)cc2)c2c(sc(C)c2C)-n2c(C)nnc21. The monoisotopic (exact) mass is 435 g/mol. The number of amides is 1. The minimum Gasteiger partial charge on any atom is -0.356 e. The van der Waals surface area contributed by atoms with Gasteiger partial charge in [0.2, 0.25) is 5.91 Å². The van der Waals surface area contributed by atoms with E-state index in [9.17, 15) is 4.79 Å². The van der Waals surface area contributed by atoms with E-state index in [1.165, 1.54) is 16.0 Å². The van der Waals surface area contributed by atoms with Gasteiger partial charge in [0, 0.05) is 22.5 Å². The number of aryl methyl sites for hydroxylation is 2. The zero-order chi connectivity index (χ0) is 22.3. The van der Waals surface area contributed by atoms with Gasteiger partial charge in [-0.15, -0.1) is 21.5 Å². The van der Waals surface area contributed by atoms with E-state index in [1.807, 2.05) is 13.8 Å². The summed E-state index contributed by atoms with van der Waals surface area (Å²) in [7, 11) is 0. The molecule has 3 heterocycles. The van der Waals surface area contributed by atoms with Crippen molar-refractivity contribution >= 4 is 23.0 Å². The Morgan fingerprint density at radius 1 is 1.16 bits per heavy atom. The molecule has 1 amide bonds. The van der Waals surface area contributed by atoms with Crippen LogP contribution in [0.3, 0.4) is 0 Å². The summed E-state index contributed by atoms with van der Waals surface area (Å²) in [6, 6.07) is 8.24. The maximum Gasteiger partial charge on any atom is 0.222 e. The third-order valence-electron chi connectivity index (χ3n) is 5.84. The number of nitrogens with one attached hydrogen (secondary N) is 1. The van der Waals surface area contributed by atoms with Crippen molar-refractivity contribution in [2.45, 2.75) is 59.9 Å². The zero-order valence-electron chi connectivity index (χ0n) is 19.0. The van der Waals surface area contributed by atoms with E-state index in [-0.39, 0.29) is 12.3 Å². The predicted molar refractivity (Wildman–Crippen MR) is 126 cm³/mol. The van der Waals surface area contributed by atoms with Gasteiger partial charge in [0.1, 0.15) is 16.9 Å². The van der Waals surface area contributed by atoms with Crippen molar-refractivity contribution in [3.8, 4) is 5.00 Å². The average molecular weight is 436 g/mol. The molecule has 31 heavy (non-hydrogen) atoms. The van der Waals surface area contributed by atoms with Crippen molar-refractivity contribution < 1.29 is 4.79 Å². The fourth-order valence-electron chi connectivity index (χ4n) is 4.00. The van der Waals surface area contributed by atoms with Crippen LogP contribution < -0.4 is 5.32 Å². The number of aliphatic imine (C=N–C) groups is 1. The van der Waals surface area contributed by atoms with Crippen molar-refractivity contribution in [3.05, 3.63) is 63.0 Å². The van der Waals surface area contributed by atoms with Crippen LogP contribution in [0.5, 0.6) is 0 Å². The average Bonchev–Trinajstić information content (AvgIpc) is 3.20. The van der Waals surface area contributed by atoms with E-state index in [1.54, 1.807) is 11.3 Å². The number of hydrogen-bond donors (Lipinski definition) is 1. The van der Waals surface area contributed by atoms with Gasteiger partial charge in [0.15, 0.2) is 5.82 Å². The molecule has 1 aromatic carbocycles. The molecule has 0 spiro atoms. The Morgan fingerprint density at radius 2 is 1.87 bits per heavy atom. The molecule has 1 aliphatic rings. The standard InChI is InChI=1S/C24H29N5OS/c1-7-25-20(30)12-19-23-28-27-16(6)29(23)24-21(14(4)15(5)31-24)22(26-19)18-10-8-17(9-11-18)13(2)3/h8-11,13,19H,7,12H2,1-6H3,(H,25,30). The molecule has 4 rings (SSSR count). The molecular weight excluding hydrogens is 406 g/mol. The molecule has 0 aliphatic carbocycles. The van der Waals surface area contributed by atoms with Crippen LogP contribution in [-0.2, 0) is 4.79 Å². The number of carbonyl (C=O) groups is 1. The second-order valence-corrected chi connectivity index (χ2v) is 9.54. The number of thiophene rings is 1. The minimum atomic E-state index is -0.396. The lowest BCUT2D eigenvalue weighted by molar-refractivity contribution is -0.121. The summed E-state index contributed by atoms with van der Waals surface area (Å²) < 4.78 is 2.09. The fraction of sp³-hybridized carbons (Fsp3) is 0.417. The lowest BCUT2D eigenvalue weighted by Crippen LogP contribution is -2.25. The Balaban J connectivity index is 1.93. The van der Waals surface area contributed by atoms with Gasteiger partial charge in [-0.3, -0.25) is 14.4 Å². The molecule has 0 fully saturated rings. The summed E-state index contributed by atoms with van der Waals surface area (Å²) >= 11 is 1.73. The topological polar surface area (TPSA) is 72.2 Å². The maximum atomic E-state index is 12.5. The fourth-order valence-corrected chi connectivity index (χ4v) is 5.21. The summed E-state index contributed by atoms with van der Waals surface area (Å²) in [6.45, 7) is 13.1. The zero-order valence-corrected chi connectivity index (χ0v) is 19.8. The molecule has 3 aromatic rings. The van der Waals surface area contributed by atoms with Crippen LogP contribution in [0.2, 0.25) is 0 Å². The number of aromatic nitrogens is 3. The Labute approximate surface area is 187 Å². The normalized spacial score (nSPS) is 15.3. The summed E-state index contributed by atoms with van der Waals surface area (Å²) in [5, 5.41) is 12.8. The van der Waals surface area contributed by atoms with Crippen LogP contribution in [-0.4, -0.2) is 32.9 Å². The molecule has 0 saturated heterocycles. The molecule has 2 aromatic heterocycles. The van der Waals surface area contributed by atoms with Crippen molar-refractivity contribution in [3.63, 3.8) is 0 Å². The van der Waals surface area contributed by atoms with E-state index in [4.69, 9.17) is 4.99 Å². The first-order chi connectivity index (χ1) is 14.8. The number of rotatable bonds is 5. The van der Waals surface area contributed by atoms with Crippen molar-refractivity contribution in [1.82, 2.24) is 20.1 Å². The maximum absolute atomic E-state index is 12.5. The van der Waals surface area contributed by atoms with Crippen LogP contribution in [0.25, 0.3) is 5.00 Å². The van der Waals surface area contributed by atoms with Crippen LogP contribution in [0.1, 0.15) is 77.9 Å². The summed E-state index contributed by atoms with van der Waals surface area (Å²) in [4.78, 5) is 18.9. The Morgan fingerprint density at radius 3 is 2.52 bits per heavy atom. The number of hydrogen-bond acceptors (Lipinski definition) is 5. The predicted octanol–water partition coefficient (Wildman–Crippen LogP) is 4.80. The van der Waals surface area contributed by atoms with Gasteiger partial charge in [-0.1, -0.05) is 38.1 Å². The second kappa shape index (κ2) is 8.38. The molecular formula is C24H29N5OS. The highest BCUT2D eigenvalue weighted by atomic mass is 32.1. The largest absolute Gasteiger partial charge is 0.356 e. The van der Waals surface area contributed by atoms with Crippen LogP contribution in [0, 0.1) is 20.8 Å². The molecule has 162 valence electrons. The summed E-state index contributed by atoms with van der Waals surface area (Å²) in [5.41, 5.74) is 5.60. The van der Waals surface area contributed by atoms with Gasteiger partial charge in [-0.25, -0.2) is 0 Å². The minimum absolute atomic E-state index is 0.0314. The lowest BCUT2D eigenvalue weighted by Gasteiger charge is -2.13. The van der Waals surface area contributed by atoms with Gasteiger partial charge in [-0.05, 0) is 44.7 Å². The number of nitrogens with zero attached hydrogens (tertiary/aromatic N) is 4. The third-order valence-corrected chi connectivity index (χ3v) is 7.04. The highest BCUT2D eigenvalue weighted by Crippen LogP contribution is 2.39. The molecule has 0 bridgehead atoms. The van der Waals surface area contributed by atoms with E-state index < -0.39 is 6.04 Å². The molecule has 1 atom stereocenters. The molecule has 7 heteroatoms. The van der Waals surface area contributed by atoms with Gasteiger partial charge in [0.25, 0.3) is 0 Å². The third kappa shape index (κ3) is 3.82. The molecule has 1 aliphatic heterocycles. The molecule has 0 saturated carbocycles. The first kappa shape index (κ1) is 21.4. The molecule has 1 unspecified atom stereocenters. The summed E-state index contributed by atoms with van der Waals surface area (Å²) in [5.74, 6) is 1.97. The molecule has 6 nitrogen and oxygen atoms in total. The van der Waals surface area contributed by atoms with Gasteiger partial charge in [-0.2, -0.15) is 0 Å². The quantitative estimate of drug-likeness (QED) is 0.626. The van der Waals surface area contributed by atoms with Crippen LogP contribution >= 0.6 is 11.3 Å². The van der Waals surface area contributed by atoms with E-state index in [2.05, 4.69) is 72.0 Å². The smallest absolute Gasteiger partial charge is 0.222 e. The highest BCUT2D eigenvalue weighted by molar-refractivity contribution is 7.15. The highest BCUT2D eigenvalue weighted by Gasteiger charge is 2.32. The number of fused-ring (bicyclic) bond motifs is 3. The van der Waals surface area contributed by atoms with Crippen molar-refractivity contribution in [2.24, 2.45) is 4.99 Å². The Bertz CT molecular complexity index is 1150. The Kier molecular flexibility index (Phi) is 5.79. The van der Waals surface area contributed by atoms with Crippen LogP contribution in [0.15, 0.2) is 29.3 Å². The number of carbonyl (C=O) groups excluding carboxylic acids is 1. The lowest BCUT2D eigenvalue weighted by atomic mass is 9.96. The van der Waals surface area contributed by atoms with Gasteiger partial charge < -0.3 is 5.32 Å². The van der Waals surface area contributed by atoms with E-state index in [0.29, 0.717) is 12.5 Å². The summed E-state index contributed by atoms with van der Waals surface area (Å²) in [6.07, 6.45) is 0.243. The first-order valence-corrected chi connectivity index (χ1v) is 11.6. The van der Waals surface area contributed by atoms with Gasteiger partial charge in [0.05, 0.1) is 12.1 Å². The second-order valence-electron chi connectivity index (χ2n) is 8.33. The van der Waals surface area contributed by atoms with Crippen molar-refractivity contribution in [2.75, 3.05) is 6.54 Å². The van der Waals surface area contributed by atoms with E-state index in [0.717, 1.165) is 33.5 Å². The van der Waals surface area contributed by atoms with Gasteiger partial charge >= 0.3 is 0 Å². The van der Waals surface area contributed by atoms with Crippen LogP contribution in [0.4, 0.5) is 0 Å². The van der Waals surface area contributed by atoms with Crippen molar-refractivity contribution in [1.29, 1.82) is 0 Å². The Hall–Kier alpha value is -2.80. The van der Waals surface area contributed by atoms with E-state index >= 15 is 0 Å². The molecule has 1 N–H and O–H groups in total. The number of benzene rings is 1. The first-order valence-electron chi connectivity index (χ1n) is 10.8. The molecule has 0 radical (unpaired) electrons.